The number of benzene rings is 2. The van der Waals surface area contributed by atoms with Gasteiger partial charge in [0.2, 0.25) is 10.0 Å². The van der Waals surface area contributed by atoms with Gasteiger partial charge in [-0.1, -0.05) is 0 Å². The predicted molar refractivity (Wildman–Crippen MR) is 106 cm³/mol. The lowest BCUT2D eigenvalue weighted by Crippen LogP contribution is -2.27. The Hall–Kier alpha value is -2.98. The van der Waals surface area contributed by atoms with Crippen molar-refractivity contribution in [2.75, 3.05) is 20.2 Å². The fraction of sp³-hybridized carbons (Fsp3) is 0.300. The highest BCUT2D eigenvalue weighted by atomic mass is 32.2. The van der Waals surface area contributed by atoms with E-state index < -0.39 is 33.9 Å². The standard InChI is InChI=1S/C20H19FN2O6S/c1-28-18-7-4-13(21)10-15(18)17(24)12-23-16-6-5-14(11-19(16)29-20(23)25)30(26,27)22-8-2-3-9-22/h4-7,10-11H,2-3,8-9,12H2,1H3. The summed E-state index contributed by atoms with van der Waals surface area (Å²) in [4.78, 5) is 25.0. The Balaban J connectivity index is 1.69. The number of ether oxygens (including phenoxy) is 1. The van der Waals surface area contributed by atoms with Gasteiger partial charge in [0.15, 0.2) is 11.4 Å². The number of halogens is 1. The van der Waals surface area contributed by atoms with Crippen molar-refractivity contribution >= 4 is 26.9 Å². The van der Waals surface area contributed by atoms with Crippen LogP contribution in [0.25, 0.3) is 11.1 Å². The Kier molecular flexibility index (Phi) is 5.20. The molecule has 1 aliphatic rings. The quantitative estimate of drug-likeness (QED) is 0.553. The van der Waals surface area contributed by atoms with E-state index >= 15 is 0 Å². The highest BCUT2D eigenvalue weighted by Gasteiger charge is 2.28. The second kappa shape index (κ2) is 7.69. The lowest BCUT2D eigenvalue weighted by molar-refractivity contribution is 0.0967. The molecule has 0 radical (unpaired) electrons. The summed E-state index contributed by atoms with van der Waals surface area (Å²) in [6, 6.07) is 7.63. The first-order valence-corrected chi connectivity index (χ1v) is 10.8. The van der Waals surface area contributed by atoms with Gasteiger partial charge >= 0.3 is 5.76 Å². The maximum absolute atomic E-state index is 13.6. The van der Waals surface area contributed by atoms with Gasteiger partial charge in [0, 0.05) is 19.2 Å². The number of aromatic nitrogens is 1. The normalized spacial score (nSPS) is 15.0. The minimum atomic E-state index is -3.68. The van der Waals surface area contributed by atoms with Crippen LogP contribution < -0.4 is 10.5 Å². The fourth-order valence-electron chi connectivity index (χ4n) is 3.56. The van der Waals surface area contributed by atoms with Gasteiger partial charge < -0.3 is 9.15 Å². The van der Waals surface area contributed by atoms with Crippen LogP contribution in [-0.4, -0.2) is 43.3 Å². The van der Waals surface area contributed by atoms with Gasteiger partial charge in [-0.2, -0.15) is 4.31 Å². The summed E-state index contributed by atoms with van der Waals surface area (Å²) < 4.78 is 51.8. The molecule has 1 aliphatic heterocycles. The van der Waals surface area contributed by atoms with Crippen molar-refractivity contribution in [1.29, 1.82) is 0 Å². The summed E-state index contributed by atoms with van der Waals surface area (Å²) in [7, 11) is -2.32. The first-order valence-electron chi connectivity index (χ1n) is 9.31. The van der Waals surface area contributed by atoms with E-state index in [2.05, 4.69) is 0 Å². The smallest absolute Gasteiger partial charge is 0.420 e. The topological polar surface area (TPSA) is 98.8 Å². The molecule has 0 aliphatic carbocycles. The van der Waals surface area contributed by atoms with E-state index in [1.165, 1.54) is 35.7 Å². The van der Waals surface area contributed by atoms with Crippen molar-refractivity contribution in [2.24, 2.45) is 0 Å². The van der Waals surface area contributed by atoms with E-state index in [-0.39, 0.29) is 27.3 Å². The molecule has 0 atom stereocenters. The number of rotatable bonds is 6. The molecule has 2 aromatic carbocycles. The van der Waals surface area contributed by atoms with Crippen LogP contribution in [0.5, 0.6) is 5.75 Å². The average Bonchev–Trinajstić information content (AvgIpc) is 3.36. The van der Waals surface area contributed by atoms with Crippen LogP contribution in [0.1, 0.15) is 23.2 Å². The van der Waals surface area contributed by atoms with Crippen LogP contribution in [0.2, 0.25) is 0 Å². The number of carbonyl (C=O) groups is 1. The molecule has 0 saturated carbocycles. The number of hydrogen-bond acceptors (Lipinski definition) is 6. The third kappa shape index (κ3) is 3.52. The number of carbonyl (C=O) groups excluding carboxylic acids is 1. The highest BCUT2D eigenvalue weighted by Crippen LogP contribution is 2.25. The molecule has 1 fully saturated rings. The molecule has 2 heterocycles. The molecule has 10 heteroatoms. The van der Waals surface area contributed by atoms with Crippen LogP contribution in [0.3, 0.4) is 0 Å². The number of ketones is 1. The minimum Gasteiger partial charge on any atom is -0.496 e. The molecule has 0 N–H and O–H groups in total. The summed E-state index contributed by atoms with van der Waals surface area (Å²) in [6.07, 6.45) is 1.61. The van der Waals surface area contributed by atoms with E-state index in [4.69, 9.17) is 9.15 Å². The SMILES string of the molecule is COc1ccc(F)cc1C(=O)Cn1c(=O)oc2cc(S(=O)(=O)N3CCCC3)ccc21. The molecule has 0 spiro atoms. The zero-order valence-corrected chi connectivity index (χ0v) is 16.9. The third-order valence-corrected chi connectivity index (χ3v) is 7.00. The van der Waals surface area contributed by atoms with Crippen molar-refractivity contribution in [2.45, 2.75) is 24.3 Å². The lowest BCUT2D eigenvalue weighted by atomic mass is 10.1. The molecular formula is C20H19FN2O6S. The van der Waals surface area contributed by atoms with E-state index in [0.29, 0.717) is 13.1 Å². The van der Waals surface area contributed by atoms with E-state index in [0.717, 1.165) is 29.5 Å². The summed E-state index contributed by atoms with van der Waals surface area (Å²) in [5, 5.41) is 0. The summed E-state index contributed by atoms with van der Waals surface area (Å²) in [6.45, 7) is 0.495. The van der Waals surface area contributed by atoms with Crippen molar-refractivity contribution in [3.63, 3.8) is 0 Å². The van der Waals surface area contributed by atoms with Gasteiger partial charge in [-0.05, 0) is 43.2 Å². The Morgan fingerprint density at radius 3 is 2.60 bits per heavy atom. The molecule has 8 nitrogen and oxygen atoms in total. The van der Waals surface area contributed by atoms with Crippen LogP contribution in [0.15, 0.2) is 50.5 Å². The van der Waals surface area contributed by atoms with Crippen molar-refractivity contribution in [3.8, 4) is 5.75 Å². The van der Waals surface area contributed by atoms with Crippen LogP contribution in [0.4, 0.5) is 4.39 Å². The number of nitrogens with zero attached hydrogens (tertiary/aromatic N) is 2. The first kappa shape index (κ1) is 20.3. The molecule has 1 aromatic heterocycles. The van der Waals surface area contributed by atoms with E-state index in [1.54, 1.807) is 0 Å². The number of sulfonamides is 1. The van der Waals surface area contributed by atoms with E-state index in [1.807, 2.05) is 0 Å². The average molecular weight is 434 g/mol. The van der Waals surface area contributed by atoms with Gasteiger partial charge in [0.1, 0.15) is 11.6 Å². The molecular weight excluding hydrogens is 415 g/mol. The molecule has 1 saturated heterocycles. The Morgan fingerprint density at radius 2 is 1.90 bits per heavy atom. The predicted octanol–water partition coefficient (Wildman–Crippen LogP) is 2.41. The zero-order chi connectivity index (χ0) is 21.5. The second-order valence-electron chi connectivity index (χ2n) is 6.96. The van der Waals surface area contributed by atoms with Crippen molar-refractivity contribution in [1.82, 2.24) is 8.87 Å². The molecule has 0 bridgehead atoms. The number of oxazole rings is 1. The van der Waals surface area contributed by atoms with Crippen molar-refractivity contribution < 1.29 is 26.8 Å². The number of fused-ring (bicyclic) bond motifs is 1. The maximum atomic E-state index is 13.6. The summed E-state index contributed by atoms with van der Waals surface area (Å²) >= 11 is 0. The van der Waals surface area contributed by atoms with Gasteiger partial charge in [-0.15, -0.1) is 0 Å². The first-order chi connectivity index (χ1) is 14.3. The fourth-order valence-corrected chi connectivity index (χ4v) is 5.09. The Labute approximate surface area is 171 Å². The largest absolute Gasteiger partial charge is 0.496 e. The van der Waals surface area contributed by atoms with Crippen molar-refractivity contribution in [3.05, 3.63) is 58.3 Å². The van der Waals surface area contributed by atoms with Gasteiger partial charge in [0.25, 0.3) is 0 Å². The number of hydrogen-bond donors (Lipinski definition) is 0. The summed E-state index contributed by atoms with van der Waals surface area (Å²) in [5.41, 5.74) is 0.315. The molecule has 0 unspecified atom stereocenters. The molecule has 158 valence electrons. The van der Waals surface area contributed by atoms with Gasteiger partial charge in [-0.25, -0.2) is 17.6 Å². The monoisotopic (exact) mass is 434 g/mol. The number of methoxy groups -OCH3 is 1. The molecule has 0 amide bonds. The highest BCUT2D eigenvalue weighted by molar-refractivity contribution is 7.89. The van der Waals surface area contributed by atoms with Gasteiger partial charge in [0.05, 0.1) is 29.6 Å². The minimum absolute atomic E-state index is 0.00742. The maximum Gasteiger partial charge on any atom is 0.420 e. The van der Waals surface area contributed by atoms with Gasteiger partial charge in [-0.3, -0.25) is 9.36 Å². The lowest BCUT2D eigenvalue weighted by Gasteiger charge is -2.15. The number of Topliss-reactive ketones (excluding diaryl/α,β-unsaturated/α-hetero) is 1. The molecule has 3 aromatic rings. The summed E-state index contributed by atoms with van der Waals surface area (Å²) in [5.74, 6) is -1.80. The van der Waals surface area contributed by atoms with Crippen LogP contribution in [-0.2, 0) is 16.6 Å². The van der Waals surface area contributed by atoms with E-state index in [9.17, 15) is 22.4 Å². The van der Waals surface area contributed by atoms with Crippen LogP contribution >= 0.6 is 0 Å². The Bertz CT molecular complexity index is 1290. The Morgan fingerprint density at radius 1 is 1.17 bits per heavy atom. The van der Waals surface area contributed by atoms with Crippen LogP contribution in [0, 0.1) is 5.82 Å². The molecule has 30 heavy (non-hydrogen) atoms. The second-order valence-corrected chi connectivity index (χ2v) is 8.90. The zero-order valence-electron chi connectivity index (χ0n) is 16.1. The molecule has 4 rings (SSSR count). The third-order valence-electron chi connectivity index (χ3n) is 5.11.